The Balaban J connectivity index is 1.34. The Hall–Kier alpha value is -4.34. The van der Waals surface area contributed by atoms with Crippen molar-refractivity contribution < 1.29 is 19.3 Å². The number of amides is 3. The predicted octanol–water partition coefficient (Wildman–Crippen LogP) is 6.32. The van der Waals surface area contributed by atoms with E-state index in [1.807, 2.05) is 42.5 Å². The summed E-state index contributed by atoms with van der Waals surface area (Å²) >= 11 is 12.2. The molecule has 0 radical (unpaired) electrons. The lowest BCUT2D eigenvalue weighted by Gasteiger charge is -2.30. The molecule has 0 bridgehead atoms. The van der Waals surface area contributed by atoms with Gasteiger partial charge in [-0.1, -0.05) is 47.5 Å². The number of hydrogen-bond acceptors (Lipinski definition) is 6. The molecule has 2 heterocycles. The van der Waals surface area contributed by atoms with Gasteiger partial charge in [-0.3, -0.25) is 29.4 Å². The van der Waals surface area contributed by atoms with Crippen LogP contribution in [-0.4, -0.2) is 44.8 Å². The minimum Gasteiger partial charge on any atom is -0.271 e. The van der Waals surface area contributed by atoms with Crippen molar-refractivity contribution in [2.75, 3.05) is 6.54 Å². The fraction of sp³-hybridized carbons (Fsp3) is 0.200. The zero-order chi connectivity index (χ0) is 28.8. The van der Waals surface area contributed by atoms with Crippen LogP contribution in [0.5, 0.6) is 0 Å². The number of rotatable bonds is 5. The molecule has 0 aromatic heterocycles. The second kappa shape index (κ2) is 10.6. The fourth-order valence-corrected chi connectivity index (χ4v) is 5.96. The molecule has 2 atom stereocenters. The molecule has 0 saturated heterocycles. The monoisotopic (exact) mass is 588 g/mol. The first kappa shape index (κ1) is 26.9. The van der Waals surface area contributed by atoms with Gasteiger partial charge in [0.15, 0.2) is 0 Å². The molecule has 3 aromatic carbocycles. The smallest absolute Gasteiger partial charge is 0.270 e. The van der Waals surface area contributed by atoms with Gasteiger partial charge in [0, 0.05) is 28.1 Å². The molecule has 3 amide bonds. The van der Waals surface area contributed by atoms with Crippen molar-refractivity contribution in [2.45, 2.75) is 25.3 Å². The number of hydrogen-bond donors (Lipinski definition) is 0. The summed E-state index contributed by atoms with van der Waals surface area (Å²) in [4.78, 5) is 51.3. The molecule has 1 fully saturated rings. The number of nitro benzene ring substituents is 1. The number of halogens is 2. The van der Waals surface area contributed by atoms with Gasteiger partial charge in [0.05, 0.1) is 27.8 Å². The summed E-state index contributed by atoms with van der Waals surface area (Å²) in [6.07, 6.45) is 4.52. The largest absolute Gasteiger partial charge is 0.271 e. The summed E-state index contributed by atoms with van der Waals surface area (Å²) in [6, 6.07) is 17.7. The quantitative estimate of drug-likeness (QED) is 0.196. The van der Waals surface area contributed by atoms with E-state index in [2.05, 4.69) is 0 Å². The maximum absolute atomic E-state index is 13.8. The fourth-order valence-electron chi connectivity index (χ4n) is 5.70. The molecule has 41 heavy (non-hydrogen) atoms. The average molecular weight is 589 g/mol. The SMILES string of the molecule is O=C1c2ccc([N+](=O)[O-])cc2C(=O)N1CC(=O)N1N=C2C(=Cc3ccc(Cl)cc3)CCCC2C1c1ccc(Cl)cc1. The molecule has 2 aliphatic heterocycles. The standard InChI is InChI=1S/C30H22Cl2N4O5/c31-20-8-4-17(5-9-20)14-19-2-1-3-24-27(19)33-35(28(24)18-6-10-21(32)11-7-18)26(37)16-34-29(38)23-13-12-22(36(40)41)15-25(23)30(34)39/h4-15,24,28H,1-3,16H2. The minimum absolute atomic E-state index is 0.0252. The Labute approximate surface area is 244 Å². The zero-order valence-electron chi connectivity index (χ0n) is 21.5. The van der Waals surface area contributed by atoms with E-state index in [4.69, 9.17) is 28.3 Å². The summed E-state index contributed by atoms with van der Waals surface area (Å²) in [7, 11) is 0. The van der Waals surface area contributed by atoms with E-state index in [1.54, 1.807) is 12.1 Å². The van der Waals surface area contributed by atoms with E-state index in [9.17, 15) is 24.5 Å². The van der Waals surface area contributed by atoms with Crippen LogP contribution in [0.15, 0.2) is 77.4 Å². The van der Waals surface area contributed by atoms with Crippen LogP contribution in [0, 0.1) is 16.0 Å². The van der Waals surface area contributed by atoms with E-state index in [-0.39, 0.29) is 22.7 Å². The zero-order valence-corrected chi connectivity index (χ0v) is 23.0. The second-order valence-electron chi connectivity index (χ2n) is 10.1. The average Bonchev–Trinajstić information content (AvgIpc) is 3.47. The van der Waals surface area contributed by atoms with Crippen LogP contribution in [-0.2, 0) is 4.79 Å². The van der Waals surface area contributed by atoms with Crippen molar-refractivity contribution >= 4 is 58.4 Å². The third-order valence-electron chi connectivity index (χ3n) is 7.64. The first-order chi connectivity index (χ1) is 19.7. The lowest BCUT2D eigenvalue weighted by Crippen LogP contribution is -2.41. The van der Waals surface area contributed by atoms with Gasteiger partial charge in [-0.2, -0.15) is 5.10 Å². The predicted molar refractivity (Wildman–Crippen MR) is 154 cm³/mol. The van der Waals surface area contributed by atoms with E-state index < -0.39 is 35.2 Å². The number of carbonyl (C=O) groups is 3. The normalized spacial score (nSPS) is 20.7. The highest BCUT2D eigenvalue weighted by atomic mass is 35.5. The molecule has 3 aromatic rings. The lowest BCUT2D eigenvalue weighted by molar-refractivity contribution is -0.384. The van der Waals surface area contributed by atoms with Crippen LogP contribution in [0.3, 0.4) is 0 Å². The maximum atomic E-state index is 13.8. The summed E-state index contributed by atoms with van der Waals surface area (Å²) in [5.74, 6) is -2.07. The van der Waals surface area contributed by atoms with Crippen molar-refractivity contribution in [3.63, 3.8) is 0 Å². The molecule has 3 aliphatic rings. The molecule has 1 saturated carbocycles. The number of carbonyl (C=O) groups excluding carboxylic acids is 3. The Kier molecular flexibility index (Phi) is 6.93. The van der Waals surface area contributed by atoms with E-state index >= 15 is 0 Å². The van der Waals surface area contributed by atoms with Gasteiger partial charge >= 0.3 is 0 Å². The number of hydrazone groups is 1. The van der Waals surface area contributed by atoms with Gasteiger partial charge in [0.2, 0.25) is 0 Å². The first-order valence-electron chi connectivity index (χ1n) is 13.0. The van der Waals surface area contributed by atoms with Gasteiger partial charge < -0.3 is 0 Å². The van der Waals surface area contributed by atoms with Gasteiger partial charge in [0.1, 0.15) is 6.54 Å². The summed E-state index contributed by atoms with van der Waals surface area (Å²) in [5, 5.41) is 18.6. The second-order valence-corrected chi connectivity index (χ2v) is 11.0. The molecule has 2 unspecified atom stereocenters. The Morgan fingerprint density at radius 3 is 2.32 bits per heavy atom. The summed E-state index contributed by atoms with van der Waals surface area (Å²) in [5.41, 5.74) is 3.20. The Morgan fingerprint density at radius 1 is 0.976 bits per heavy atom. The third-order valence-corrected chi connectivity index (χ3v) is 8.14. The van der Waals surface area contributed by atoms with E-state index in [0.717, 1.165) is 58.7 Å². The molecular weight excluding hydrogens is 567 g/mol. The molecule has 11 heteroatoms. The van der Waals surface area contributed by atoms with E-state index in [0.29, 0.717) is 10.0 Å². The van der Waals surface area contributed by atoms with Crippen molar-refractivity contribution in [3.05, 3.63) is 115 Å². The van der Waals surface area contributed by atoms with Crippen LogP contribution in [0.25, 0.3) is 6.08 Å². The van der Waals surface area contributed by atoms with Crippen LogP contribution in [0.1, 0.15) is 57.1 Å². The van der Waals surface area contributed by atoms with Crippen LogP contribution in [0.4, 0.5) is 5.69 Å². The van der Waals surface area contributed by atoms with Crippen molar-refractivity contribution in [3.8, 4) is 0 Å². The molecule has 0 N–H and O–H groups in total. The molecule has 6 rings (SSSR count). The van der Waals surface area contributed by atoms with Gasteiger partial charge in [-0.25, -0.2) is 5.01 Å². The third kappa shape index (κ3) is 4.92. The number of nitro groups is 1. The number of nitrogens with zero attached hydrogens (tertiary/aromatic N) is 4. The highest BCUT2D eigenvalue weighted by Gasteiger charge is 2.45. The molecule has 9 nitrogen and oxygen atoms in total. The highest BCUT2D eigenvalue weighted by molar-refractivity contribution is 6.31. The van der Waals surface area contributed by atoms with Crippen LogP contribution < -0.4 is 0 Å². The van der Waals surface area contributed by atoms with Crippen LogP contribution >= 0.6 is 23.2 Å². The number of fused-ring (bicyclic) bond motifs is 2. The van der Waals surface area contributed by atoms with Gasteiger partial charge in [-0.05, 0) is 72.4 Å². The summed E-state index contributed by atoms with van der Waals surface area (Å²) < 4.78 is 0. The van der Waals surface area contributed by atoms with Gasteiger partial charge in [0.25, 0.3) is 23.4 Å². The van der Waals surface area contributed by atoms with Crippen molar-refractivity contribution in [1.82, 2.24) is 9.91 Å². The Morgan fingerprint density at radius 2 is 1.63 bits per heavy atom. The van der Waals surface area contributed by atoms with Crippen molar-refractivity contribution in [1.29, 1.82) is 0 Å². The maximum Gasteiger partial charge on any atom is 0.270 e. The molecule has 1 aliphatic carbocycles. The van der Waals surface area contributed by atoms with Crippen LogP contribution in [0.2, 0.25) is 10.0 Å². The van der Waals surface area contributed by atoms with Crippen molar-refractivity contribution in [2.24, 2.45) is 11.0 Å². The minimum atomic E-state index is -0.752. The number of allylic oxidation sites excluding steroid dienone is 1. The van der Waals surface area contributed by atoms with E-state index in [1.165, 1.54) is 11.1 Å². The topological polar surface area (TPSA) is 113 Å². The first-order valence-corrected chi connectivity index (χ1v) is 13.7. The number of imide groups is 1. The number of benzene rings is 3. The molecular formula is C30H22Cl2N4O5. The number of non-ortho nitro benzene ring substituents is 1. The molecule has 0 spiro atoms. The highest BCUT2D eigenvalue weighted by Crippen LogP contribution is 2.45. The lowest BCUT2D eigenvalue weighted by atomic mass is 9.77. The van der Waals surface area contributed by atoms with Gasteiger partial charge in [-0.15, -0.1) is 0 Å². The summed E-state index contributed by atoms with van der Waals surface area (Å²) in [6.45, 7) is -0.552. The Bertz CT molecular complexity index is 1670. The molecule has 206 valence electrons.